The van der Waals surface area contributed by atoms with Gasteiger partial charge in [0.1, 0.15) is 11.4 Å². The summed E-state index contributed by atoms with van der Waals surface area (Å²) in [7, 11) is -5.24. The number of nitrogens with zero attached hydrogens (tertiary/aromatic N) is 2. The van der Waals surface area contributed by atoms with Gasteiger partial charge in [0.25, 0.3) is 0 Å². The van der Waals surface area contributed by atoms with Crippen molar-refractivity contribution in [3.8, 4) is 35.0 Å². The standard InChI is InChI=1S/C30H28FN3O5S/c1-4-7-11-34-26-15-23(20-14-21(18-32-17-20)39-40(31,36)37)27(38-12-8-5-2)16-24(26)29(35)28-22-10-9-19(6-3)13-25(22)33-30(28)34/h3,9-10,13-18,33H,4-5,7-8,11-12H2,1-2H3. The van der Waals surface area contributed by atoms with Crippen molar-refractivity contribution in [2.45, 2.75) is 46.1 Å². The summed E-state index contributed by atoms with van der Waals surface area (Å²) in [6, 6.07) is 10.5. The zero-order valence-corrected chi connectivity index (χ0v) is 23.0. The van der Waals surface area contributed by atoms with Crippen LogP contribution in [0.2, 0.25) is 0 Å². The van der Waals surface area contributed by atoms with Crippen LogP contribution >= 0.6 is 0 Å². The van der Waals surface area contributed by atoms with E-state index in [1.165, 1.54) is 12.3 Å². The van der Waals surface area contributed by atoms with Crippen LogP contribution in [0, 0.1) is 12.3 Å². The number of aromatic nitrogens is 3. The molecule has 3 heterocycles. The molecule has 0 amide bonds. The van der Waals surface area contributed by atoms with Gasteiger partial charge in [0, 0.05) is 40.3 Å². The Kier molecular flexibility index (Phi) is 7.50. The number of rotatable bonds is 10. The molecule has 2 aromatic carbocycles. The van der Waals surface area contributed by atoms with Crippen LogP contribution in [-0.4, -0.2) is 29.6 Å². The minimum atomic E-state index is -5.24. The van der Waals surface area contributed by atoms with Crippen molar-refractivity contribution in [1.29, 1.82) is 0 Å². The molecule has 3 aromatic heterocycles. The normalized spacial score (nSPS) is 11.8. The number of H-pyrrole nitrogens is 1. The van der Waals surface area contributed by atoms with E-state index in [9.17, 15) is 17.1 Å². The van der Waals surface area contributed by atoms with Crippen LogP contribution in [0.5, 0.6) is 11.5 Å². The zero-order chi connectivity index (χ0) is 28.4. The number of nitrogens with one attached hydrogen (secondary N) is 1. The number of aromatic amines is 1. The fraction of sp³-hybridized carbons (Fsp3) is 0.267. The van der Waals surface area contributed by atoms with Crippen LogP contribution in [0.3, 0.4) is 0 Å². The monoisotopic (exact) mass is 561 g/mol. The van der Waals surface area contributed by atoms with Crippen molar-refractivity contribution in [3.63, 3.8) is 0 Å². The van der Waals surface area contributed by atoms with Crippen molar-refractivity contribution in [3.05, 3.63) is 64.6 Å². The Morgan fingerprint density at radius 3 is 2.60 bits per heavy atom. The van der Waals surface area contributed by atoms with Crippen molar-refractivity contribution >= 4 is 43.3 Å². The van der Waals surface area contributed by atoms with Crippen LogP contribution in [0.1, 0.15) is 45.1 Å². The third-order valence-corrected chi connectivity index (χ3v) is 7.18. The van der Waals surface area contributed by atoms with Crippen LogP contribution in [-0.2, 0) is 17.0 Å². The number of unbranched alkanes of at least 4 members (excludes halogenated alkanes) is 2. The van der Waals surface area contributed by atoms with Gasteiger partial charge in [-0.15, -0.1) is 6.42 Å². The average molecular weight is 562 g/mol. The molecule has 0 atom stereocenters. The van der Waals surface area contributed by atoms with Crippen molar-refractivity contribution in [2.75, 3.05) is 6.61 Å². The molecule has 8 nitrogen and oxygen atoms in total. The van der Waals surface area contributed by atoms with Gasteiger partial charge in [0.2, 0.25) is 0 Å². The largest absolute Gasteiger partial charge is 0.493 e. The Morgan fingerprint density at radius 2 is 1.88 bits per heavy atom. The Morgan fingerprint density at radius 1 is 1.07 bits per heavy atom. The van der Waals surface area contributed by atoms with Crippen LogP contribution in [0.15, 0.2) is 53.6 Å². The maximum Gasteiger partial charge on any atom is 0.488 e. The number of aryl methyl sites for hydroxylation is 1. The molecule has 1 N–H and O–H groups in total. The summed E-state index contributed by atoms with van der Waals surface area (Å²) in [4.78, 5) is 21.5. The minimum Gasteiger partial charge on any atom is -0.493 e. The highest BCUT2D eigenvalue weighted by Gasteiger charge is 2.20. The number of halogens is 1. The molecule has 10 heteroatoms. The van der Waals surface area contributed by atoms with E-state index in [1.54, 1.807) is 6.07 Å². The summed E-state index contributed by atoms with van der Waals surface area (Å²) in [6.45, 7) is 5.17. The topological polar surface area (TPSA) is 103 Å². The first-order valence-corrected chi connectivity index (χ1v) is 14.4. The number of hydrogen-bond donors (Lipinski definition) is 1. The van der Waals surface area contributed by atoms with Crippen LogP contribution in [0.25, 0.3) is 44.0 Å². The molecule has 0 spiro atoms. The van der Waals surface area contributed by atoms with Gasteiger partial charge in [-0.25, -0.2) is 0 Å². The molecule has 0 fully saturated rings. The lowest BCUT2D eigenvalue weighted by molar-refractivity contribution is 0.311. The molecule has 0 aliphatic carbocycles. The fourth-order valence-corrected chi connectivity index (χ4v) is 5.20. The van der Waals surface area contributed by atoms with Gasteiger partial charge < -0.3 is 18.5 Å². The molecule has 5 aromatic rings. The van der Waals surface area contributed by atoms with Gasteiger partial charge in [-0.05, 0) is 43.2 Å². The number of pyridine rings is 2. The van der Waals surface area contributed by atoms with Crippen LogP contribution in [0.4, 0.5) is 3.89 Å². The molecule has 5 rings (SSSR count). The molecule has 0 aliphatic heterocycles. The maximum absolute atomic E-state index is 14.0. The van der Waals surface area contributed by atoms with Crippen molar-refractivity contribution < 1.29 is 21.2 Å². The first-order chi connectivity index (χ1) is 19.2. The van der Waals surface area contributed by atoms with Gasteiger partial charge in [-0.2, -0.15) is 8.42 Å². The van der Waals surface area contributed by atoms with E-state index in [0.29, 0.717) is 57.5 Å². The summed E-state index contributed by atoms with van der Waals surface area (Å²) >= 11 is 0. The first-order valence-electron chi connectivity index (χ1n) is 13.1. The Bertz CT molecular complexity index is 1950. The van der Waals surface area contributed by atoms with E-state index in [2.05, 4.69) is 31.6 Å². The third-order valence-electron chi connectivity index (χ3n) is 6.79. The van der Waals surface area contributed by atoms with E-state index >= 15 is 0 Å². The molecule has 0 aliphatic rings. The van der Waals surface area contributed by atoms with Gasteiger partial charge in [0.15, 0.2) is 11.2 Å². The van der Waals surface area contributed by atoms with Crippen LogP contribution < -0.4 is 14.3 Å². The Labute approximate surface area is 231 Å². The predicted molar refractivity (Wildman–Crippen MR) is 155 cm³/mol. The second-order valence-electron chi connectivity index (χ2n) is 9.54. The van der Waals surface area contributed by atoms with E-state index in [4.69, 9.17) is 11.2 Å². The average Bonchev–Trinajstić information content (AvgIpc) is 3.31. The summed E-state index contributed by atoms with van der Waals surface area (Å²) < 4.78 is 48.1. The quantitative estimate of drug-likeness (QED) is 0.123. The van der Waals surface area contributed by atoms with E-state index < -0.39 is 10.5 Å². The lowest BCUT2D eigenvalue weighted by Crippen LogP contribution is -2.12. The molecule has 206 valence electrons. The van der Waals surface area contributed by atoms with Gasteiger partial charge >= 0.3 is 10.5 Å². The molecular weight excluding hydrogens is 533 g/mol. The zero-order valence-electron chi connectivity index (χ0n) is 22.2. The van der Waals surface area contributed by atoms with Gasteiger partial charge in [0.05, 0.1) is 29.1 Å². The molecule has 0 radical (unpaired) electrons. The van der Waals surface area contributed by atoms with Crippen molar-refractivity contribution in [1.82, 2.24) is 14.5 Å². The SMILES string of the molecule is C#Cc1ccc2c(c1)[nH]c1c2c(=O)c2cc(OCCCC)c(-c3cncc(OS(=O)(=O)F)c3)cc2n1CCCC. The molecular formula is C30H28FN3O5S. The minimum absolute atomic E-state index is 0.150. The van der Waals surface area contributed by atoms with Crippen molar-refractivity contribution in [2.24, 2.45) is 0 Å². The lowest BCUT2D eigenvalue weighted by atomic mass is 10.0. The molecule has 0 saturated carbocycles. The van der Waals surface area contributed by atoms with E-state index in [0.717, 1.165) is 42.8 Å². The summed E-state index contributed by atoms with van der Waals surface area (Å²) in [5.74, 6) is 2.78. The first kappa shape index (κ1) is 27.2. The summed E-state index contributed by atoms with van der Waals surface area (Å²) in [5, 5.41) is 1.83. The smallest absolute Gasteiger partial charge is 0.488 e. The van der Waals surface area contributed by atoms with E-state index in [-0.39, 0.29) is 11.2 Å². The lowest BCUT2D eigenvalue weighted by Gasteiger charge is -2.17. The molecule has 0 unspecified atom stereocenters. The highest BCUT2D eigenvalue weighted by Crippen LogP contribution is 2.37. The van der Waals surface area contributed by atoms with E-state index in [1.807, 2.05) is 31.2 Å². The Balaban J connectivity index is 1.83. The predicted octanol–water partition coefficient (Wildman–Crippen LogP) is 6.25. The maximum atomic E-state index is 14.0. The molecule has 0 saturated heterocycles. The summed E-state index contributed by atoms with van der Waals surface area (Å²) in [5.41, 5.74) is 3.67. The van der Waals surface area contributed by atoms with Gasteiger partial charge in [-0.3, -0.25) is 9.78 Å². The second kappa shape index (κ2) is 11.0. The fourth-order valence-electron chi connectivity index (χ4n) is 4.88. The number of benzene rings is 2. The highest BCUT2D eigenvalue weighted by molar-refractivity contribution is 7.81. The van der Waals surface area contributed by atoms with Gasteiger partial charge in [-0.1, -0.05) is 42.6 Å². The summed E-state index contributed by atoms with van der Waals surface area (Å²) in [6.07, 6.45) is 11.7. The third kappa shape index (κ3) is 5.25. The second-order valence-corrected chi connectivity index (χ2v) is 10.5. The number of fused-ring (bicyclic) bond motifs is 4. The number of ether oxygens (including phenoxy) is 1. The Hall–Kier alpha value is -4.36. The number of terminal acetylenes is 1. The molecule has 40 heavy (non-hydrogen) atoms. The highest BCUT2D eigenvalue weighted by atomic mass is 32.3. The molecule has 0 bridgehead atoms. The number of hydrogen-bond acceptors (Lipinski definition) is 6.